The van der Waals surface area contributed by atoms with E-state index in [1.807, 2.05) is 42.5 Å². The van der Waals surface area contributed by atoms with E-state index in [9.17, 15) is 4.79 Å². The van der Waals surface area contributed by atoms with Gasteiger partial charge < -0.3 is 19.5 Å². The summed E-state index contributed by atoms with van der Waals surface area (Å²) < 4.78 is 16.4. The van der Waals surface area contributed by atoms with Crippen LogP contribution < -0.4 is 14.8 Å². The van der Waals surface area contributed by atoms with Crippen LogP contribution in [0.3, 0.4) is 0 Å². The quantitative estimate of drug-likeness (QED) is 0.815. The van der Waals surface area contributed by atoms with Crippen LogP contribution in [0.15, 0.2) is 48.5 Å². The van der Waals surface area contributed by atoms with E-state index in [1.165, 1.54) is 0 Å². The van der Waals surface area contributed by atoms with E-state index < -0.39 is 0 Å². The first-order valence-electron chi connectivity index (χ1n) is 9.28. The summed E-state index contributed by atoms with van der Waals surface area (Å²) >= 11 is 0. The molecule has 1 fully saturated rings. The van der Waals surface area contributed by atoms with E-state index in [1.54, 1.807) is 14.2 Å². The Kier molecular flexibility index (Phi) is 6.35. The molecule has 0 saturated carbocycles. The molecule has 3 rings (SSSR count). The van der Waals surface area contributed by atoms with Crippen molar-refractivity contribution in [3.05, 3.63) is 59.7 Å². The minimum absolute atomic E-state index is 0.00372. The van der Waals surface area contributed by atoms with Gasteiger partial charge in [0.2, 0.25) is 5.91 Å². The molecular formula is C22H27NO4. The third-order valence-corrected chi connectivity index (χ3v) is 5.25. The molecule has 27 heavy (non-hydrogen) atoms. The number of benzene rings is 2. The lowest BCUT2D eigenvalue weighted by atomic mass is 9.73. The van der Waals surface area contributed by atoms with E-state index in [0.29, 0.717) is 26.2 Å². The van der Waals surface area contributed by atoms with Gasteiger partial charge in [-0.25, -0.2) is 0 Å². The summed E-state index contributed by atoms with van der Waals surface area (Å²) in [4.78, 5) is 12.6. The second-order valence-corrected chi connectivity index (χ2v) is 6.90. The third kappa shape index (κ3) is 4.61. The number of amides is 1. The molecule has 5 heteroatoms. The van der Waals surface area contributed by atoms with Gasteiger partial charge in [0.1, 0.15) is 11.5 Å². The molecule has 5 nitrogen and oxygen atoms in total. The van der Waals surface area contributed by atoms with Gasteiger partial charge in [0.05, 0.1) is 20.6 Å². The summed E-state index contributed by atoms with van der Waals surface area (Å²) in [5.74, 6) is 1.63. The summed E-state index contributed by atoms with van der Waals surface area (Å²) in [6, 6.07) is 15.7. The zero-order valence-electron chi connectivity index (χ0n) is 16.0. The van der Waals surface area contributed by atoms with Crippen molar-refractivity contribution in [3.63, 3.8) is 0 Å². The molecule has 0 aliphatic carbocycles. The molecule has 0 bridgehead atoms. The highest BCUT2D eigenvalue weighted by molar-refractivity contribution is 5.78. The van der Waals surface area contributed by atoms with E-state index in [-0.39, 0.29) is 11.3 Å². The van der Waals surface area contributed by atoms with Crippen molar-refractivity contribution in [3.8, 4) is 11.5 Å². The Labute approximate surface area is 160 Å². The number of para-hydroxylation sites is 1. The zero-order valence-corrected chi connectivity index (χ0v) is 16.0. The zero-order chi connectivity index (χ0) is 19.1. The van der Waals surface area contributed by atoms with E-state index in [0.717, 1.165) is 35.5 Å². The molecule has 1 aliphatic rings. The number of nitrogens with one attached hydrogen (secondary N) is 1. The molecule has 0 unspecified atom stereocenters. The predicted octanol–water partition coefficient (Wildman–Crippen LogP) is 3.11. The van der Waals surface area contributed by atoms with Crippen molar-refractivity contribution in [1.29, 1.82) is 0 Å². The van der Waals surface area contributed by atoms with Gasteiger partial charge in [0, 0.05) is 30.7 Å². The second-order valence-electron chi connectivity index (χ2n) is 6.90. The van der Waals surface area contributed by atoms with Crippen LogP contribution in [0.1, 0.15) is 24.0 Å². The second kappa shape index (κ2) is 8.91. The highest BCUT2D eigenvalue weighted by atomic mass is 16.5. The molecule has 1 N–H and O–H groups in total. The maximum atomic E-state index is 12.6. The number of carbonyl (C=O) groups is 1. The monoisotopic (exact) mass is 369 g/mol. The summed E-state index contributed by atoms with van der Waals surface area (Å²) in [5, 5.41) is 3.14. The van der Waals surface area contributed by atoms with Crippen molar-refractivity contribution < 1.29 is 19.0 Å². The molecule has 144 valence electrons. The predicted molar refractivity (Wildman–Crippen MR) is 104 cm³/mol. The van der Waals surface area contributed by atoms with Gasteiger partial charge in [-0.15, -0.1) is 0 Å². The van der Waals surface area contributed by atoms with Gasteiger partial charge in [0.25, 0.3) is 0 Å². The van der Waals surface area contributed by atoms with Gasteiger partial charge in [-0.2, -0.15) is 0 Å². The van der Waals surface area contributed by atoms with Crippen molar-refractivity contribution in [2.45, 2.75) is 24.7 Å². The maximum absolute atomic E-state index is 12.6. The molecule has 1 saturated heterocycles. The number of ether oxygens (including phenoxy) is 3. The minimum atomic E-state index is -0.172. The number of rotatable bonds is 7. The molecule has 1 heterocycles. The fourth-order valence-electron chi connectivity index (χ4n) is 3.68. The van der Waals surface area contributed by atoms with Crippen molar-refractivity contribution in [2.75, 3.05) is 34.0 Å². The van der Waals surface area contributed by atoms with Crippen molar-refractivity contribution in [1.82, 2.24) is 5.32 Å². The van der Waals surface area contributed by atoms with Crippen LogP contribution in [0, 0.1) is 0 Å². The summed E-state index contributed by atoms with van der Waals surface area (Å²) in [6.45, 7) is 1.94. The molecule has 0 atom stereocenters. The molecule has 2 aromatic carbocycles. The number of hydrogen-bond acceptors (Lipinski definition) is 4. The first-order chi connectivity index (χ1) is 13.2. The molecule has 2 aromatic rings. The Bertz CT molecular complexity index is 768. The van der Waals surface area contributed by atoms with Gasteiger partial charge in [-0.1, -0.05) is 30.3 Å². The fourth-order valence-corrected chi connectivity index (χ4v) is 3.68. The maximum Gasteiger partial charge on any atom is 0.224 e. The van der Waals surface area contributed by atoms with E-state index in [4.69, 9.17) is 14.2 Å². The lowest BCUT2D eigenvalue weighted by molar-refractivity contribution is -0.121. The Morgan fingerprint density at radius 3 is 2.59 bits per heavy atom. The molecule has 0 radical (unpaired) electrons. The van der Waals surface area contributed by atoms with Crippen LogP contribution >= 0.6 is 0 Å². The number of carbonyl (C=O) groups excluding carboxylic acids is 1. The van der Waals surface area contributed by atoms with Gasteiger partial charge in [-0.05, 0) is 36.6 Å². The molecular weight excluding hydrogens is 342 g/mol. The first-order valence-corrected chi connectivity index (χ1v) is 9.28. The smallest absolute Gasteiger partial charge is 0.224 e. The Balaban J connectivity index is 1.72. The number of hydrogen-bond donors (Lipinski definition) is 1. The van der Waals surface area contributed by atoms with Gasteiger partial charge in [0.15, 0.2) is 0 Å². The summed E-state index contributed by atoms with van der Waals surface area (Å²) in [7, 11) is 3.31. The van der Waals surface area contributed by atoms with E-state index >= 15 is 0 Å². The Hall–Kier alpha value is -2.53. The molecule has 1 aliphatic heterocycles. The van der Waals surface area contributed by atoms with Crippen LogP contribution in [0.4, 0.5) is 0 Å². The largest absolute Gasteiger partial charge is 0.497 e. The Morgan fingerprint density at radius 2 is 1.85 bits per heavy atom. The van der Waals surface area contributed by atoms with Gasteiger partial charge in [-0.3, -0.25) is 4.79 Å². The third-order valence-electron chi connectivity index (χ3n) is 5.25. The van der Waals surface area contributed by atoms with Crippen LogP contribution in [0.2, 0.25) is 0 Å². The first kappa shape index (κ1) is 19.2. The number of methoxy groups -OCH3 is 2. The summed E-state index contributed by atoms with van der Waals surface area (Å²) in [6.07, 6.45) is 2.04. The SMILES string of the molecule is COc1cccc(CC(=O)NCC2(c3ccccc3OC)CCOCC2)c1. The lowest BCUT2D eigenvalue weighted by Crippen LogP contribution is -2.45. The Morgan fingerprint density at radius 1 is 1.07 bits per heavy atom. The van der Waals surface area contributed by atoms with Crippen LogP contribution in [0.5, 0.6) is 11.5 Å². The molecule has 0 aromatic heterocycles. The highest BCUT2D eigenvalue weighted by Crippen LogP contribution is 2.39. The summed E-state index contributed by atoms with van der Waals surface area (Å²) in [5.41, 5.74) is 1.90. The van der Waals surface area contributed by atoms with Gasteiger partial charge >= 0.3 is 0 Å². The normalized spacial score (nSPS) is 15.8. The van der Waals surface area contributed by atoms with Crippen molar-refractivity contribution >= 4 is 5.91 Å². The average molecular weight is 369 g/mol. The standard InChI is InChI=1S/C22H27NO4/c1-25-18-7-5-6-17(14-18)15-21(24)23-16-22(10-12-27-13-11-22)19-8-3-4-9-20(19)26-2/h3-9,14H,10-13,15-16H2,1-2H3,(H,23,24). The average Bonchev–Trinajstić information content (AvgIpc) is 2.73. The topological polar surface area (TPSA) is 56.8 Å². The minimum Gasteiger partial charge on any atom is -0.497 e. The molecule has 0 spiro atoms. The van der Waals surface area contributed by atoms with Crippen molar-refractivity contribution in [2.24, 2.45) is 0 Å². The van der Waals surface area contributed by atoms with Crippen LogP contribution in [-0.2, 0) is 21.4 Å². The van der Waals surface area contributed by atoms with Crippen LogP contribution in [0.25, 0.3) is 0 Å². The van der Waals surface area contributed by atoms with Crippen LogP contribution in [-0.4, -0.2) is 39.9 Å². The fraction of sp³-hybridized carbons (Fsp3) is 0.409. The highest BCUT2D eigenvalue weighted by Gasteiger charge is 2.37. The lowest BCUT2D eigenvalue weighted by Gasteiger charge is -2.38. The molecule has 1 amide bonds. The van der Waals surface area contributed by atoms with E-state index in [2.05, 4.69) is 11.4 Å².